The molecule has 1 saturated carbocycles. The molecule has 0 bridgehead atoms. The monoisotopic (exact) mass is 264 g/mol. The van der Waals surface area contributed by atoms with Gasteiger partial charge in [0.2, 0.25) is 0 Å². The Hall–Kier alpha value is 0.120. The Morgan fingerprint density at radius 2 is 1.82 bits per heavy atom. The Morgan fingerprint density at radius 1 is 1.24 bits per heavy atom. The van der Waals surface area contributed by atoms with Gasteiger partial charge >= 0.3 is 7.68 Å². The lowest BCUT2D eigenvalue weighted by Crippen LogP contribution is -2.33. The van der Waals surface area contributed by atoms with Gasteiger partial charge in [0.15, 0.2) is 0 Å². The van der Waals surface area contributed by atoms with Crippen molar-refractivity contribution in [2.24, 2.45) is 17.8 Å². The normalized spacial score (nSPS) is 34.0. The van der Waals surface area contributed by atoms with Gasteiger partial charge in [-0.3, -0.25) is 4.57 Å². The lowest BCUT2D eigenvalue weighted by atomic mass is 9.75. The van der Waals surface area contributed by atoms with E-state index in [0.717, 1.165) is 12.8 Å². The van der Waals surface area contributed by atoms with E-state index in [-0.39, 0.29) is 6.10 Å². The molecule has 0 aromatic carbocycles. The van der Waals surface area contributed by atoms with Crippen LogP contribution in [0.5, 0.6) is 0 Å². The second-order valence-corrected chi connectivity index (χ2v) is 8.37. The lowest BCUT2D eigenvalue weighted by Gasteiger charge is -2.37. The predicted molar refractivity (Wildman–Crippen MR) is 70.1 cm³/mol. The summed E-state index contributed by atoms with van der Waals surface area (Å²) in [5, 5.41) is 0. The van der Waals surface area contributed by atoms with Crippen LogP contribution in [0.15, 0.2) is 0 Å². The molecule has 1 rings (SSSR count). The van der Waals surface area contributed by atoms with E-state index in [2.05, 4.69) is 20.8 Å². The van der Waals surface area contributed by atoms with Crippen LogP contribution in [-0.2, 0) is 9.09 Å². The van der Waals surface area contributed by atoms with E-state index < -0.39 is 13.3 Å². The van der Waals surface area contributed by atoms with Crippen LogP contribution in [0.1, 0.15) is 53.9 Å². The van der Waals surface area contributed by atoms with Crippen molar-refractivity contribution in [2.75, 3.05) is 0 Å². The van der Waals surface area contributed by atoms with Crippen LogP contribution in [0, 0.1) is 17.8 Å². The fraction of sp³-hybridized carbons (Fsp3) is 1.00. The zero-order valence-electron chi connectivity index (χ0n) is 11.6. The summed E-state index contributed by atoms with van der Waals surface area (Å²) in [6, 6.07) is 0. The molecule has 1 fully saturated rings. The number of hydrogen-bond acceptors (Lipinski definition) is 2. The third-order valence-electron chi connectivity index (χ3n) is 3.86. The van der Waals surface area contributed by atoms with Gasteiger partial charge in [0, 0.05) is 0 Å². The van der Waals surface area contributed by atoms with Crippen LogP contribution in [0.4, 0.5) is 4.20 Å². The van der Waals surface area contributed by atoms with E-state index in [1.165, 1.54) is 6.42 Å². The molecule has 0 amide bonds. The van der Waals surface area contributed by atoms with E-state index in [1.54, 1.807) is 13.8 Å². The van der Waals surface area contributed by atoms with E-state index in [9.17, 15) is 8.76 Å². The highest BCUT2D eigenvalue weighted by atomic mass is 31.2. The minimum atomic E-state index is -3.94. The van der Waals surface area contributed by atoms with E-state index in [0.29, 0.717) is 17.8 Å². The van der Waals surface area contributed by atoms with E-state index in [4.69, 9.17) is 4.52 Å². The fourth-order valence-corrected chi connectivity index (χ4v) is 3.40. The van der Waals surface area contributed by atoms with Gasteiger partial charge in [0.1, 0.15) is 0 Å². The minimum absolute atomic E-state index is 0.169. The zero-order valence-corrected chi connectivity index (χ0v) is 12.5. The fourth-order valence-electron chi connectivity index (χ4n) is 2.54. The van der Waals surface area contributed by atoms with Crippen molar-refractivity contribution in [3.05, 3.63) is 0 Å². The Balaban J connectivity index is 2.73. The van der Waals surface area contributed by atoms with Gasteiger partial charge in [0.05, 0.1) is 11.8 Å². The van der Waals surface area contributed by atoms with Crippen LogP contribution in [-0.4, -0.2) is 11.8 Å². The molecule has 0 heterocycles. The number of rotatable bonds is 4. The first-order valence-corrected chi connectivity index (χ1v) is 8.30. The summed E-state index contributed by atoms with van der Waals surface area (Å²) in [6.45, 7) is 9.67. The quantitative estimate of drug-likeness (QED) is 0.665. The molecule has 17 heavy (non-hydrogen) atoms. The molecule has 0 aliphatic heterocycles. The largest absolute Gasteiger partial charge is 0.370 e. The highest BCUT2D eigenvalue weighted by molar-refractivity contribution is 7.54. The van der Waals surface area contributed by atoms with E-state index >= 15 is 0 Å². The van der Waals surface area contributed by atoms with Crippen LogP contribution >= 0.6 is 7.68 Å². The van der Waals surface area contributed by atoms with Gasteiger partial charge < -0.3 is 4.52 Å². The maximum atomic E-state index is 13.9. The molecule has 1 aliphatic carbocycles. The first-order chi connectivity index (χ1) is 7.74. The standard InChI is InChI=1S/C13H26FO2P/c1-9(2)12-7-6-11(5)8-13(12)16-17(14,15)10(3)4/h9-13H,6-8H2,1-5H3. The van der Waals surface area contributed by atoms with Crippen molar-refractivity contribution in [1.82, 2.24) is 0 Å². The van der Waals surface area contributed by atoms with Crippen LogP contribution in [0.2, 0.25) is 0 Å². The van der Waals surface area contributed by atoms with Gasteiger partial charge in [-0.1, -0.05) is 41.0 Å². The summed E-state index contributed by atoms with van der Waals surface area (Å²) in [4.78, 5) is 0. The maximum Gasteiger partial charge on any atom is 0.370 e. The van der Waals surface area contributed by atoms with E-state index in [1.807, 2.05) is 0 Å². The second kappa shape index (κ2) is 5.84. The van der Waals surface area contributed by atoms with Crippen molar-refractivity contribution in [3.8, 4) is 0 Å². The summed E-state index contributed by atoms with van der Waals surface area (Å²) in [5.74, 6) is 1.34. The summed E-state index contributed by atoms with van der Waals surface area (Å²) in [5.41, 5.74) is -0.535. The van der Waals surface area contributed by atoms with Gasteiger partial charge in [-0.2, -0.15) is 4.20 Å². The lowest BCUT2D eigenvalue weighted by molar-refractivity contribution is 0.0413. The molecule has 0 N–H and O–H groups in total. The zero-order chi connectivity index (χ0) is 13.2. The summed E-state index contributed by atoms with van der Waals surface area (Å²) < 4.78 is 31.0. The summed E-state index contributed by atoms with van der Waals surface area (Å²) in [6.07, 6.45) is 2.89. The molecule has 1 aliphatic rings. The summed E-state index contributed by atoms with van der Waals surface area (Å²) >= 11 is 0. The third-order valence-corrected chi connectivity index (χ3v) is 5.65. The SMILES string of the molecule is CC1CCC(C(C)C)C(OP(=O)(F)C(C)C)C1. The molecular weight excluding hydrogens is 238 g/mol. The predicted octanol–water partition coefficient (Wildman–Crippen LogP) is 5.03. The Kier molecular flexibility index (Phi) is 5.21. The minimum Gasteiger partial charge on any atom is -0.302 e. The molecular formula is C13H26FO2P. The molecule has 2 nitrogen and oxygen atoms in total. The van der Waals surface area contributed by atoms with Crippen LogP contribution < -0.4 is 0 Å². The Bertz CT molecular complexity index is 291. The van der Waals surface area contributed by atoms with Crippen molar-refractivity contribution in [3.63, 3.8) is 0 Å². The average molecular weight is 264 g/mol. The first kappa shape index (κ1) is 15.2. The second-order valence-electron chi connectivity index (χ2n) is 6.08. The van der Waals surface area contributed by atoms with Gasteiger partial charge in [-0.15, -0.1) is 0 Å². The van der Waals surface area contributed by atoms with Crippen molar-refractivity contribution in [1.29, 1.82) is 0 Å². The first-order valence-electron chi connectivity index (χ1n) is 6.71. The smallest absolute Gasteiger partial charge is 0.302 e. The molecule has 0 aromatic rings. The van der Waals surface area contributed by atoms with Crippen LogP contribution in [0.25, 0.3) is 0 Å². The van der Waals surface area contributed by atoms with Gasteiger partial charge in [-0.25, -0.2) is 0 Å². The Morgan fingerprint density at radius 3 is 2.29 bits per heavy atom. The molecule has 0 aromatic heterocycles. The highest BCUT2D eigenvalue weighted by Crippen LogP contribution is 2.56. The molecule has 0 spiro atoms. The number of hydrogen-bond donors (Lipinski definition) is 0. The van der Waals surface area contributed by atoms with Crippen LogP contribution in [0.3, 0.4) is 0 Å². The molecule has 4 heteroatoms. The highest BCUT2D eigenvalue weighted by Gasteiger charge is 2.38. The van der Waals surface area contributed by atoms with Gasteiger partial charge in [-0.05, 0) is 30.6 Å². The van der Waals surface area contributed by atoms with Crippen molar-refractivity contribution in [2.45, 2.75) is 65.6 Å². The molecule has 102 valence electrons. The average Bonchev–Trinajstić information content (AvgIpc) is 2.15. The molecule has 4 unspecified atom stereocenters. The Labute approximate surface area is 105 Å². The van der Waals surface area contributed by atoms with Crippen molar-refractivity contribution < 1.29 is 13.3 Å². The van der Waals surface area contributed by atoms with Crippen molar-refractivity contribution >= 4 is 7.68 Å². The summed E-state index contributed by atoms with van der Waals surface area (Å²) in [7, 11) is -3.94. The topological polar surface area (TPSA) is 26.3 Å². The van der Waals surface area contributed by atoms with Gasteiger partial charge in [0.25, 0.3) is 0 Å². The number of halogens is 1. The molecule has 0 saturated heterocycles. The third kappa shape index (κ3) is 4.06. The maximum absolute atomic E-state index is 13.9. The molecule has 0 radical (unpaired) electrons. The molecule has 4 atom stereocenters.